The van der Waals surface area contributed by atoms with Crippen LogP contribution in [0.3, 0.4) is 0 Å². The molecule has 0 rings (SSSR count). The van der Waals surface area contributed by atoms with Crippen LogP contribution in [0.2, 0.25) is 0 Å². The molecule has 0 aliphatic rings. The van der Waals surface area contributed by atoms with E-state index in [1.54, 1.807) is 0 Å². The third-order valence-corrected chi connectivity index (χ3v) is 4.59. The van der Waals surface area contributed by atoms with E-state index in [0.717, 1.165) is 25.7 Å². The first-order chi connectivity index (χ1) is 7.50. The monoisotopic (exact) mass is 246 g/mol. The van der Waals surface area contributed by atoms with Crippen LogP contribution >= 0.6 is 0 Å². The lowest BCUT2D eigenvalue weighted by Crippen LogP contribution is -2.38. The van der Waals surface area contributed by atoms with Crippen LogP contribution in [-0.4, -0.2) is 31.1 Å². The minimum absolute atomic E-state index is 0.533. The maximum Gasteiger partial charge on any atom is 0.230 e. The van der Waals surface area contributed by atoms with Crippen molar-refractivity contribution < 1.29 is 8.42 Å². The van der Waals surface area contributed by atoms with Crippen LogP contribution in [0, 0.1) is 11.3 Å². The molecule has 1 atom stereocenters. The summed E-state index contributed by atoms with van der Waals surface area (Å²) in [6.45, 7) is 6.56. The molecule has 0 aromatic heterocycles. The van der Waals surface area contributed by atoms with Gasteiger partial charge in [0.05, 0.1) is 6.07 Å². The summed E-state index contributed by atoms with van der Waals surface area (Å²) in [7, 11) is -3.42. The third kappa shape index (κ3) is 4.50. The molecule has 1 unspecified atom stereocenters. The number of nitriles is 1. The van der Waals surface area contributed by atoms with Crippen molar-refractivity contribution in [2.75, 3.05) is 13.1 Å². The third-order valence-electron chi connectivity index (χ3n) is 2.51. The number of sulfonamides is 1. The van der Waals surface area contributed by atoms with Gasteiger partial charge in [-0.05, 0) is 19.8 Å². The molecule has 0 amide bonds. The molecule has 0 spiro atoms. The summed E-state index contributed by atoms with van der Waals surface area (Å²) >= 11 is 0. The van der Waals surface area contributed by atoms with Gasteiger partial charge in [-0.15, -0.1) is 0 Å². The van der Waals surface area contributed by atoms with E-state index in [0.29, 0.717) is 13.1 Å². The number of unbranched alkanes of at least 4 members (excludes halogenated alkanes) is 2. The van der Waals surface area contributed by atoms with Gasteiger partial charge in [-0.2, -0.15) is 5.26 Å². The van der Waals surface area contributed by atoms with E-state index in [-0.39, 0.29) is 0 Å². The second-order valence-electron chi connectivity index (χ2n) is 3.92. The SMILES string of the molecule is CCCCN(CCCC)S(=O)(=O)C(C)C#N. The Kier molecular flexibility index (Phi) is 7.35. The van der Waals surface area contributed by atoms with Gasteiger partial charge in [0.1, 0.15) is 0 Å². The molecule has 0 aliphatic heterocycles. The van der Waals surface area contributed by atoms with Crippen LogP contribution in [0.15, 0.2) is 0 Å². The predicted octanol–water partition coefficient (Wildman–Crippen LogP) is 2.13. The molecule has 0 N–H and O–H groups in total. The lowest BCUT2D eigenvalue weighted by Gasteiger charge is -2.22. The Morgan fingerprint density at radius 3 is 1.94 bits per heavy atom. The van der Waals surface area contributed by atoms with Crippen molar-refractivity contribution in [2.24, 2.45) is 0 Å². The molecule has 0 fully saturated rings. The molecule has 5 heteroatoms. The van der Waals surface area contributed by atoms with Gasteiger partial charge in [-0.1, -0.05) is 26.7 Å². The maximum absolute atomic E-state index is 12.0. The summed E-state index contributed by atoms with van der Waals surface area (Å²) < 4.78 is 25.4. The molecule has 0 aliphatic carbocycles. The predicted molar refractivity (Wildman–Crippen MR) is 65.4 cm³/mol. The number of hydrogen-bond donors (Lipinski definition) is 0. The topological polar surface area (TPSA) is 61.2 Å². The van der Waals surface area contributed by atoms with Gasteiger partial charge in [0.15, 0.2) is 5.25 Å². The van der Waals surface area contributed by atoms with Gasteiger partial charge in [-0.25, -0.2) is 12.7 Å². The molecular weight excluding hydrogens is 224 g/mol. The summed E-state index contributed by atoms with van der Waals surface area (Å²) in [5.74, 6) is 0. The van der Waals surface area contributed by atoms with Crippen molar-refractivity contribution in [3.63, 3.8) is 0 Å². The summed E-state index contributed by atoms with van der Waals surface area (Å²) in [5.41, 5.74) is 0. The van der Waals surface area contributed by atoms with Gasteiger partial charge in [0.25, 0.3) is 0 Å². The quantitative estimate of drug-likeness (QED) is 0.659. The standard InChI is InChI=1S/C11H22N2O2S/c1-4-6-8-13(9-7-5-2)16(14,15)11(3)10-12/h11H,4-9H2,1-3H3. The molecule has 4 nitrogen and oxygen atoms in total. The van der Waals surface area contributed by atoms with Crippen LogP contribution in [0.5, 0.6) is 0 Å². The highest BCUT2D eigenvalue weighted by Crippen LogP contribution is 2.11. The fourth-order valence-electron chi connectivity index (χ4n) is 1.33. The molecule has 0 heterocycles. The van der Waals surface area contributed by atoms with Crippen molar-refractivity contribution in [3.8, 4) is 6.07 Å². The summed E-state index contributed by atoms with van der Waals surface area (Å²) in [4.78, 5) is 0. The zero-order valence-electron chi connectivity index (χ0n) is 10.4. The Morgan fingerprint density at radius 2 is 1.62 bits per heavy atom. The average Bonchev–Trinajstić information content (AvgIpc) is 2.27. The highest BCUT2D eigenvalue weighted by molar-refractivity contribution is 7.89. The molecule has 0 radical (unpaired) electrons. The molecule has 0 saturated heterocycles. The summed E-state index contributed by atoms with van der Waals surface area (Å²) in [6, 6.07) is 1.81. The maximum atomic E-state index is 12.0. The number of rotatable bonds is 8. The first-order valence-electron chi connectivity index (χ1n) is 5.89. The Balaban J connectivity index is 4.67. The van der Waals surface area contributed by atoms with Crippen molar-refractivity contribution in [1.82, 2.24) is 4.31 Å². The van der Waals surface area contributed by atoms with Crippen LogP contribution in [0.4, 0.5) is 0 Å². The van der Waals surface area contributed by atoms with Crippen LogP contribution in [-0.2, 0) is 10.0 Å². The van der Waals surface area contributed by atoms with E-state index < -0.39 is 15.3 Å². The largest absolute Gasteiger partial charge is 0.230 e. The van der Waals surface area contributed by atoms with E-state index in [4.69, 9.17) is 5.26 Å². The number of nitrogens with zero attached hydrogens (tertiary/aromatic N) is 2. The highest BCUT2D eigenvalue weighted by Gasteiger charge is 2.27. The molecule has 0 aromatic rings. The summed E-state index contributed by atoms with van der Waals surface area (Å²) in [5, 5.41) is 7.77. The second-order valence-corrected chi connectivity index (χ2v) is 6.18. The number of hydrogen-bond acceptors (Lipinski definition) is 3. The molecular formula is C11H22N2O2S. The van der Waals surface area contributed by atoms with Crippen molar-refractivity contribution >= 4 is 10.0 Å². The summed E-state index contributed by atoms with van der Waals surface area (Å²) in [6.07, 6.45) is 3.61. The molecule has 94 valence electrons. The van der Waals surface area contributed by atoms with E-state index in [1.165, 1.54) is 11.2 Å². The van der Waals surface area contributed by atoms with Crippen LogP contribution in [0.1, 0.15) is 46.5 Å². The van der Waals surface area contributed by atoms with Crippen LogP contribution < -0.4 is 0 Å². The fraction of sp³-hybridized carbons (Fsp3) is 0.909. The van der Waals surface area contributed by atoms with E-state index in [2.05, 4.69) is 0 Å². The zero-order chi connectivity index (χ0) is 12.6. The van der Waals surface area contributed by atoms with E-state index >= 15 is 0 Å². The van der Waals surface area contributed by atoms with Gasteiger partial charge in [0.2, 0.25) is 10.0 Å². The average molecular weight is 246 g/mol. The highest BCUT2D eigenvalue weighted by atomic mass is 32.2. The molecule has 0 aromatic carbocycles. The second kappa shape index (κ2) is 7.64. The van der Waals surface area contributed by atoms with Gasteiger partial charge >= 0.3 is 0 Å². The minimum atomic E-state index is -3.42. The Hall–Kier alpha value is -0.600. The zero-order valence-corrected chi connectivity index (χ0v) is 11.3. The van der Waals surface area contributed by atoms with E-state index in [9.17, 15) is 8.42 Å². The van der Waals surface area contributed by atoms with Crippen molar-refractivity contribution in [2.45, 2.75) is 51.7 Å². The lowest BCUT2D eigenvalue weighted by molar-refractivity contribution is 0.393. The Labute approximate surface area is 99.3 Å². The van der Waals surface area contributed by atoms with Gasteiger partial charge in [0, 0.05) is 13.1 Å². The molecule has 0 saturated carbocycles. The van der Waals surface area contributed by atoms with Crippen molar-refractivity contribution in [3.05, 3.63) is 0 Å². The normalized spacial score (nSPS) is 13.7. The van der Waals surface area contributed by atoms with Crippen molar-refractivity contribution in [1.29, 1.82) is 5.26 Å². The minimum Gasteiger partial charge on any atom is -0.211 e. The Bertz CT molecular complexity index is 311. The van der Waals surface area contributed by atoms with Gasteiger partial charge < -0.3 is 0 Å². The smallest absolute Gasteiger partial charge is 0.211 e. The fourth-order valence-corrected chi connectivity index (χ4v) is 2.67. The van der Waals surface area contributed by atoms with E-state index in [1.807, 2.05) is 19.9 Å². The van der Waals surface area contributed by atoms with Gasteiger partial charge in [-0.3, -0.25) is 0 Å². The first kappa shape index (κ1) is 15.4. The Morgan fingerprint density at radius 1 is 1.19 bits per heavy atom. The molecule has 16 heavy (non-hydrogen) atoms. The van der Waals surface area contributed by atoms with Crippen LogP contribution in [0.25, 0.3) is 0 Å². The molecule has 0 bridgehead atoms. The lowest BCUT2D eigenvalue weighted by atomic mass is 10.3. The first-order valence-corrected chi connectivity index (χ1v) is 7.39.